The summed E-state index contributed by atoms with van der Waals surface area (Å²) in [5.74, 6) is 0.137. The average Bonchev–Trinajstić information content (AvgIpc) is 2.91. The molecule has 2 aromatic rings. The van der Waals surface area contributed by atoms with Crippen LogP contribution in [0.15, 0.2) is 30.7 Å². The monoisotopic (exact) mass is 318 g/mol. The molecule has 0 fully saturated rings. The highest BCUT2D eigenvalue weighted by Crippen LogP contribution is 2.23. The highest BCUT2D eigenvalue weighted by Gasteiger charge is 2.20. The molecule has 0 bridgehead atoms. The van der Waals surface area contributed by atoms with Crippen molar-refractivity contribution >= 4 is 23.4 Å². The van der Waals surface area contributed by atoms with E-state index in [1.807, 2.05) is 43.3 Å². The van der Waals surface area contributed by atoms with Gasteiger partial charge in [0.25, 0.3) is 0 Å². The Balaban J connectivity index is 2.27. The lowest BCUT2D eigenvalue weighted by Gasteiger charge is -2.21. The molecule has 2 rings (SSSR count). The second-order valence-corrected chi connectivity index (χ2v) is 6.42. The van der Waals surface area contributed by atoms with Gasteiger partial charge in [0.2, 0.25) is 5.91 Å². The van der Waals surface area contributed by atoms with Gasteiger partial charge in [0.1, 0.15) is 0 Å². The molecule has 1 unspecified atom stereocenters. The normalized spacial score (nSPS) is 12.2. The second-order valence-electron chi connectivity index (χ2n) is 5.14. The lowest BCUT2D eigenvalue weighted by Crippen LogP contribution is -2.32. The van der Waals surface area contributed by atoms with Crippen molar-refractivity contribution in [3.05, 3.63) is 36.4 Å². The van der Waals surface area contributed by atoms with Crippen LogP contribution in [0.3, 0.4) is 0 Å². The van der Waals surface area contributed by atoms with Crippen molar-refractivity contribution in [2.45, 2.75) is 32.4 Å². The summed E-state index contributed by atoms with van der Waals surface area (Å²) in [5, 5.41) is 4.82. The number of thioether (sulfide) groups is 1. The second kappa shape index (κ2) is 7.45. The number of carbonyl (C=O) groups is 1. The smallest absolute Gasteiger partial charge is 0.228 e. The molecular formula is C16H22N4OS. The van der Waals surface area contributed by atoms with Crippen molar-refractivity contribution in [2.75, 3.05) is 17.7 Å². The number of pyridine rings is 1. The fraction of sp³-hybridized carbons (Fsp3) is 0.438. The highest BCUT2D eigenvalue weighted by molar-refractivity contribution is 7.99. The quantitative estimate of drug-likeness (QED) is 0.821. The molecule has 5 nitrogen and oxygen atoms in total. The first-order chi connectivity index (χ1) is 10.6. The number of hydrogen-bond donors (Lipinski definition) is 0. The third kappa shape index (κ3) is 3.68. The van der Waals surface area contributed by atoms with E-state index >= 15 is 0 Å². The zero-order valence-corrected chi connectivity index (χ0v) is 14.3. The van der Waals surface area contributed by atoms with E-state index in [0.717, 1.165) is 17.1 Å². The molecule has 0 saturated carbocycles. The third-order valence-electron chi connectivity index (χ3n) is 3.56. The summed E-state index contributed by atoms with van der Waals surface area (Å²) >= 11 is 1.71. The van der Waals surface area contributed by atoms with Gasteiger partial charge < -0.3 is 4.90 Å². The van der Waals surface area contributed by atoms with Gasteiger partial charge in [0.15, 0.2) is 0 Å². The van der Waals surface area contributed by atoms with Crippen LogP contribution in [0.25, 0.3) is 5.69 Å². The van der Waals surface area contributed by atoms with Gasteiger partial charge in [-0.25, -0.2) is 4.68 Å². The van der Waals surface area contributed by atoms with E-state index in [-0.39, 0.29) is 5.91 Å². The molecule has 0 radical (unpaired) electrons. The molecule has 2 heterocycles. The van der Waals surface area contributed by atoms with Crippen LogP contribution in [0.1, 0.15) is 26.0 Å². The summed E-state index contributed by atoms with van der Waals surface area (Å²) in [4.78, 5) is 18.4. The minimum Gasteiger partial charge on any atom is -0.310 e. The van der Waals surface area contributed by atoms with Gasteiger partial charge in [-0.2, -0.15) is 16.9 Å². The Morgan fingerprint density at radius 1 is 1.50 bits per heavy atom. The van der Waals surface area contributed by atoms with Crippen LogP contribution in [0, 0.1) is 6.92 Å². The van der Waals surface area contributed by atoms with Crippen molar-refractivity contribution < 1.29 is 4.79 Å². The summed E-state index contributed by atoms with van der Waals surface area (Å²) in [7, 11) is 0. The topological polar surface area (TPSA) is 51.0 Å². The largest absolute Gasteiger partial charge is 0.310 e. The first-order valence-electron chi connectivity index (χ1n) is 7.36. The van der Waals surface area contributed by atoms with Crippen molar-refractivity contribution in [3.8, 4) is 5.69 Å². The predicted molar refractivity (Wildman–Crippen MR) is 91.7 cm³/mol. The molecule has 1 amide bonds. The van der Waals surface area contributed by atoms with Gasteiger partial charge in [-0.3, -0.25) is 9.78 Å². The summed E-state index contributed by atoms with van der Waals surface area (Å²) in [5.41, 5.74) is 2.60. The van der Waals surface area contributed by atoms with Crippen LogP contribution in [-0.4, -0.2) is 38.7 Å². The minimum atomic E-state index is 0.137. The first kappa shape index (κ1) is 16.5. The number of anilines is 1. The summed E-state index contributed by atoms with van der Waals surface area (Å²) in [6.07, 6.45) is 7.94. The third-order valence-corrected chi connectivity index (χ3v) is 4.53. The van der Waals surface area contributed by atoms with Crippen molar-refractivity contribution in [1.29, 1.82) is 0 Å². The zero-order chi connectivity index (χ0) is 16.1. The predicted octanol–water partition coefficient (Wildman–Crippen LogP) is 3.07. The number of hydrogen-bond acceptors (Lipinski definition) is 4. The number of aryl methyl sites for hydroxylation is 1. The maximum absolute atomic E-state index is 12.5. The van der Waals surface area contributed by atoms with Crippen LogP contribution in [-0.2, 0) is 4.79 Å². The fourth-order valence-corrected chi connectivity index (χ4v) is 2.57. The van der Waals surface area contributed by atoms with Crippen LogP contribution in [0.5, 0.6) is 0 Å². The summed E-state index contributed by atoms with van der Waals surface area (Å²) in [6.45, 7) is 6.63. The van der Waals surface area contributed by atoms with Crippen LogP contribution in [0.4, 0.5) is 5.69 Å². The van der Waals surface area contributed by atoms with E-state index in [2.05, 4.69) is 17.0 Å². The van der Waals surface area contributed by atoms with E-state index in [0.29, 0.717) is 18.2 Å². The summed E-state index contributed by atoms with van der Waals surface area (Å²) < 4.78 is 1.77. The van der Waals surface area contributed by atoms with Crippen LogP contribution in [0.2, 0.25) is 0 Å². The number of nitrogens with zero attached hydrogens (tertiary/aromatic N) is 4. The molecule has 0 spiro atoms. The lowest BCUT2D eigenvalue weighted by molar-refractivity contribution is -0.118. The molecule has 0 saturated heterocycles. The SMILES string of the molecule is CCN(C(=O)CC(C)SC)c1cn(-c2cccnc2)nc1C. The number of aromatic nitrogens is 3. The minimum absolute atomic E-state index is 0.137. The van der Waals surface area contributed by atoms with E-state index in [1.54, 1.807) is 28.8 Å². The van der Waals surface area contributed by atoms with Gasteiger partial charge in [0, 0.05) is 24.4 Å². The Labute approximate surface area is 135 Å². The van der Waals surface area contributed by atoms with Crippen molar-refractivity contribution in [1.82, 2.24) is 14.8 Å². The summed E-state index contributed by atoms with van der Waals surface area (Å²) in [6, 6.07) is 3.81. The number of rotatable bonds is 6. The molecule has 0 aliphatic heterocycles. The fourth-order valence-electron chi connectivity index (χ4n) is 2.26. The van der Waals surface area contributed by atoms with Crippen LogP contribution < -0.4 is 4.90 Å². The van der Waals surface area contributed by atoms with Crippen molar-refractivity contribution in [3.63, 3.8) is 0 Å². The molecular weight excluding hydrogens is 296 g/mol. The Hall–Kier alpha value is -1.82. The molecule has 22 heavy (non-hydrogen) atoms. The number of amides is 1. The van der Waals surface area contributed by atoms with Gasteiger partial charge in [0.05, 0.1) is 29.5 Å². The Kier molecular flexibility index (Phi) is 5.60. The van der Waals surface area contributed by atoms with E-state index in [1.165, 1.54) is 0 Å². The van der Waals surface area contributed by atoms with E-state index < -0.39 is 0 Å². The van der Waals surface area contributed by atoms with Crippen LogP contribution >= 0.6 is 11.8 Å². The van der Waals surface area contributed by atoms with E-state index in [9.17, 15) is 4.79 Å². The van der Waals surface area contributed by atoms with Gasteiger partial charge in [-0.05, 0) is 32.2 Å². The standard InChI is InChI=1S/C16H22N4OS/c1-5-19(16(21)9-12(2)22-4)15-11-20(18-13(15)3)14-7-6-8-17-10-14/h6-8,10-12H,5,9H2,1-4H3. The zero-order valence-electron chi connectivity index (χ0n) is 13.5. The maximum atomic E-state index is 12.5. The molecule has 6 heteroatoms. The molecule has 0 aliphatic rings. The van der Waals surface area contributed by atoms with Crippen molar-refractivity contribution in [2.24, 2.45) is 0 Å². The molecule has 1 atom stereocenters. The van der Waals surface area contributed by atoms with Gasteiger partial charge >= 0.3 is 0 Å². The average molecular weight is 318 g/mol. The lowest BCUT2D eigenvalue weighted by atomic mass is 10.2. The Morgan fingerprint density at radius 3 is 2.86 bits per heavy atom. The highest BCUT2D eigenvalue weighted by atomic mass is 32.2. The maximum Gasteiger partial charge on any atom is 0.228 e. The molecule has 0 aromatic carbocycles. The molecule has 0 N–H and O–H groups in total. The Bertz CT molecular complexity index is 626. The molecule has 118 valence electrons. The van der Waals surface area contributed by atoms with E-state index in [4.69, 9.17) is 0 Å². The molecule has 0 aliphatic carbocycles. The Morgan fingerprint density at radius 2 is 2.27 bits per heavy atom. The number of carbonyl (C=O) groups excluding carboxylic acids is 1. The first-order valence-corrected chi connectivity index (χ1v) is 8.65. The van der Waals surface area contributed by atoms with Gasteiger partial charge in [-0.1, -0.05) is 6.92 Å². The molecule has 2 aromatic heterocycles. The van der Waals surface area contributed by atoms with Gasteiger partial charge in [-0.15, -0.1) is 0 Å².